The van der Waals surface area contributed by atoms with Gasteiger partial charge in [0.2, 0.25) is 0 Å². The molecule has 0 amide bonds. The minimum absolute atomic E-state index is 0.00306. The van der Waals surface area contributed by atoms with E-state index < -0.39 is 34.8 Å². The van der Waals surface area contributed by atoms with Crippen LogP contribution in [0.4, 0.5) is 13.2 Å². The average molecular weight is 316 g/mol. The summed E-state index contributed by atoms with van der Waals surface area (Å²) >= 11 is 0. The van der Waals surface area contributed by atoms with E-state index in [1.165, 1.54) is 4.31 Å². The average Bonchev–Trinajstić information content (AvgIpc) is 2.78. The van der Waals surface area contributed by atoms with Crippen molar-refractivity contribution in [3.63, 3.8) is 0 Å². The Morgan fingerprint density at radius 2 is 1.40 bits per heavy atom. The fourth-order valence-corrected chi connectivity index (χ4v) is 4.42. The van der Waals surface area contributed by atoms with E-state index in [1.807, 2.05) is 0 Å². The maximum absolute atomic E-state index is 12.8. The van der Waals surface area contributed by atoms with Crippen molar-refractivity contribution in [3.8, 4) is 0 Å². The number of halogens is 3. The summed E-state index contributed by atoms with van der Waals surface area (Å²) in [4.78, 5) is 0. The Balaban J connectivity index is 2.10. The van der Waals surface area contributed by atoms with E-state index >= 15 is 0 Å². The minimum Gasteiger partial charge on any atom is -0.380 e. The van der Waals surface area contributed by atoms with Gasteiger partial charge in [-0.2, -0.15) is 30.2 Å². The lowest BCUT2D eigenvalue weighted by Crippen LogP contribution is -2.47. The zero-order valence-electron chi connectivity index (χ0n) is 11.1. The fraction of sp³-hybridized carbons (Fsp3) is 1.00. The Kier molecular flexibility index (Phi) is 4.35. The van der Waals surface area contributed by atoms with Gasteiger partial charge in [0.15, 0.2) is 5.60 Å². The molecule has 0 spiro atoms. The van der Waals surface area contributed by atoms with Gasteiger partial charge in [-0.05, 0) is 32.1 Å². The van der Waals surface area contributed by atoms with Gasteiger partial charge < -0.3 is 5.11 Å². The molecule has 0 aromatic carbocycles. The van der Waals surface area contributed by atoms with Crippen molar-refractivity contribution in [1.29, 1.82) is 0 Å². The first kappa shape index (κ1) is 16.0. The van der Waals surface area contributed by atoms with Crippen molar-refractivity contribution in [1.82, 2.24) is 8.61 Å². The summed E-state index contributed by atoms with van der Waals surface area (Å²) in [6.45, 7) is 0.566. The van der Waals surface area contributed by atoms with Gasteiger partial charge in [0.05, 0.1) is 0 Å². The normalized spacial score (nSPS) is 31.4. The Hall–Kier alpha value is -0.380. The minimum atomic E-state index is -4.72. The van der Waals surface area contributed by atoms with Crippen LogP contribution >= 0.6 is 0 Å². The van der Waals surface area contributed by atoms with E-state index in [9.17, 15) is 26.7 Å². The number of rotatable bonds is 2. The Bertz CT molecular complexity index is 448. The summed E-state index contributed by atoms with van der Waals surface area (Å²) in [5, 5.41) is 9.68. The van der Waals surface area contributed by atoms with Crippen molar-refractivity contribution in [2.75, 3.05) is 26.2 Å². The lowest BCUT2D eigenvalue weighted by molar-refractivity contribution is -0.263. The van der Waals surface area contributed by atoms with Gasteiger partial charge in [0, 0.05) is 26.2 Å². The highest BCUT2D eigenvalue weighted by atomic mass is 32.2. The van der Waals surface area contributed by atoms with Gasteiger partial charge in [-0.1, -0.05) is 0 Å². The Morgan fingerprint density at radius 1 is 0.900 bits per heavy atom. The second kappa shape index (κ2) is 5.43. The molecule has 118 valence electrons. The second-order valence-corrected chi connectivity index (χ2v) is 7.32. The molecule has 5 nitrogen and oxygen atoms in total. The molecule has 0 bridgehead atoms. The molecule has 9 heteroatoms. The molecule has 1 unspecified atom stereocenters. The fourth-order valence-electron chi connectivity index (χ4n) is 2.69. The topological polar surface area (TPSA) is 60.9 Å². The van der Waals surface area contributed by atoms with E-state index in [1.54, 1.807) is 0 Å². The predicted molar refractivity (Wildman–Crippen MR) is 66.2 cm³/mol. The molecule has 0 aromatic heterocycles. The highest BCUT2D eigenvalue weighted by molar-refractivity contribution is 7.86. The summed E-state index contributed by atoms with van der Waals surface area (Å²) in [7, 11) is -3.69. The lowest BCUT2D eigenvalue weighted by atomic mass is 9.94. The molecule has 0 saturated carbocycles. The lowest BCUT2D eigenvalue weighted by Gasteiger charge is -2.29. The number of aliphatic hydroxyl groups is 1. The molecule has 0 aliphatic carbocycles. The van der Waals surface area contributed by atoms with Crippen molar-refractivity contribution >= 4 is 10.2 Å². The zero-order valence-corrected chi connectivity index (χ0v) is 11.9. The smallest absolute Gasteiger partial charge is 0.380 e. The van der Waals surface area contributed by atoms with Crippen molar-refractivity contribution in [2.45, 2.75) is 43.9 Å². The van der Waals surface area contributed by atoms with E-state index in [0.29, 0.717) is 13.1 Å². The summed E-state index contributed by atoms with van der Waals surface area (Å²) in [6, 6.07) is 0. The van der Waals surface area contributed by atoms with Gasteiger partial charge in [-0.3, -0.25) is 0 Å². The molecular weight excluding hydrogens is 297 g/mol. The van der Waals surface area contributed by atoms with Crippen LogP contribution in [0.15, 0.2) is 0 Å². The third-order valence-corrected chi connectivity index (χ3v) is 6.05. The van der Waals surface area contributed by atoms with Crippen LogP contribution in [0.5, 0.6) is 0 Å². The van der Waals surface area contributed by atoms with E-state index in [0.717, 1.165) is 17.1 Å². The third-order valence-electron chi connectivity index (χ3n) is 4.02. The highest BCUT2D eigenvalue weighted by Crippen LogP contribution is 2.38. The number of hydrogen-bond donors (Lipinski definition) is 1. The molecule has 2 rings (SSSR count). The Morgan fingerprint density at radius 3 is 1.95 bits per heavy atom. The third kappa shape index (κ3) is 2.95. The molecule has 2 aliphatic heterocycles. The first-order valence-electron chi connectivity index (χ1n) is 6.71. The van der Waals surface area contributed by atoms with Crippen LogP contribution in [0, 0.1) is 0 Å². The zero-order chi connectivity index (χ0) is 15.0. The monoisotopic (exact) mass is 316 g/mol. The maximum Gasteiger partial charge on any atom is 0.417 e. The maximum atomic E-state index is 12.8. The van der Waals surface area contributed by atoms with Crippen LogP contribution in [0.2, 0.25) is 0 Å². The molecule has 2 heterocycles. The van der Waals surface area contributed by atoms with Crippen LogP contribution in [0.25, 0.3) is 0 Å². The summed E-state index contributed by atoms with van der Waals surface area (Å²) in [5.74, 6) is 0. The summed E-state index contributed by atoms with van der Waals surface area (Å²) in [5.41, 5.74) is -2.78. The molecule has 1 atom stereocenters. The van der Waals surface area contributed by atoms with Gasteiger partial charge in [0.1, 0.15) is 0 Å². The van der Waals surface area contributed by atoms with Gasteiger partial charge in [-0.25, -0.2) is 0 Å². The van der Waals surface area contributed by atoms with Gasteiger partial charge in [0.25, 0.3) is 10.2 Å². The van der Waals surface area contributed by atoms with Crippen molar-refractivity contribution in [2.24, 2.45) is 0 Å². The van der Waals surface area contributed by atoms with Crippen LogP contribution < -0.4 is 0 Å². The molecule has 1 N–H and O–H groups in total. The molecule has 2 aliphatic rings. The highest BCUT2D eigenvalue weighted by Gasteiger charge is 2.54. The van der Waals surface area contributed by atoms with Gasteiger partial charge >= 0.3 is 6.18 Å². The first-order chi connectivity index (χ1) is 9.17. The van der Waals surface area contributed by atoms with E-state index in [2.05, 4.69) is 0 Å². The van der Waals surface area contributed by atoms with Gasteiger partial charge in [-0.15, -0.1) is 0 Å². The molecular formula is C11H19F3N2O3S. The standard InChI is InChI=1S/C11H19F3N2O3S/c12-11(13,14)10(17)4-3-8-16(9-5-10)20(18,19)15-6-1-2-7-15/h17H,1-9H2. The van der Waals surface area contributed by atoms with Crippen LogP contribution in [0.1, 0.15) is 32.1 Å². The number of alkyl halides is 3. The number of nitrogens with zero attached hydrogens (tertiary/aromatic N) is 2. The predicted octanol–water partition coefficient (Wildman–Crippen LogP) is 1.11. The first-order valence-corrected chi connectivity index (χ1v) is 8.11. The van der Waals surface area contributed by atoms with Crippen molar-refractivity contribution in [3.05, 3.63) is 0 Å². The summed E-state index contributed by atoms with van der Waals surface area (Å²) < 4.78 is 65.4. The molecule has 2 saturated heterocycles. The van der Waals surface area contributed by atoms with Crippen LogP contribution in [0.3, 0.4) is 0 Å². The molecule has 0 aromatic rings. The van der Waals surface area contributed by atoms with E-state index in [-0.39, 0.29) is 19.5 Å². The summed E-state index contributed by atoms with van der Waals surface area (Å²) in [6.07, 6.45) is -4.23. The van der Waals surface area contributed by atoms with Crippen molar-refractivity contribution < 1.29 is 26.7 Å². The molecule has 20 heavy (non-hydrogen) atoms. The SMILES string of the molecule is O=S(=O)(N1CCCC1)N1CCCC(O)(C(F)(F)F)CC1. The number of hydrogen-bond acceptors (Lipinski definition) is 3. The van der Waals surface area contributed by atoms with Crippen LogP contribution in [-0.2, 0) is 10.2 Å². The van der Waals surface area contributed by atoms with E-state index in [4.69, 9.17) is 0 Å². The van der Waals surface area contributed by atoms with Crippen LogP contribution in [-0.4, -0.2) is 60.1 Å². The molecule has 0 radical (unpaired) electrons. The second-order valence-electron chi connectivity index (χ2n) is 5.40. The quantitative estimate of drug-likeness (QED) is 0.830. The largest absolute Gasteiger partial charge is 0.417 e. The molecule has 2 fully saturated rings. The Labute approximate surface area is 116 Å².